The first kappa shape index (κ1) is 13.9. The molecule has 1 N–H and O–H groups in total. The number of rotatable bonds is 6. The third-order valence-corrected chi connectivity index (χ3v) is 4.40. The van der Waals surface area contributed by atoms with Crippen LogP contribution in [0.4, 0.5) is 0 Å². The van der Waals surface area contributed by atoms with Crippen molar-refractivity contribution in [1.82, 2.24) is 30.4 Å². The van der Waals surface area contributed by atoms with Gasteiger partial charge in [-0.3, -0.25) is 4.90 Å². The fourth-order valence-corrected chi connectivity index (χ4v) is 2.92. The van der Waals surface area contributed by atoms with Crippen LogP contribution < -0.4 is 5.32 Å². The molecule has 1 aromatic rings. The number of aromatic nitrogens is 4. The SMILES string of the molecule is CC(C)N(Cc1nnnn1C1CC1)CC1CCCCN1. The summed E-state index contributed by atoms with van der Waals surface area (Å²) in [7, 11) is 0. The highest BCUT2D eigenvalue weighted by atomic mass is 15.6. The Balaban J connectivity index is 1.62. The van der Waals surface area contributed by atoms with E-state index in [1.165, 1.54) is 32.1 Å². The van der Waals surface area contributed by atoms with Gasteiger partial charge in [-0.15, -0.1) is 5.10 Å². The molecule has 1 aliphatic carbocycles. The van der Waals surface area contributed by atoms with Gasteiger partial charge in [-0.05, 0) is 56.5 Å². The number of hydrogen-bond acceptors (Lipinski definition) is 5. The number of hydrogen-bond donors (Lipinski definition) is 1. The largest absolute Gasteiger partial charge is 0.313 e. The van der Waals surface area contributed by atoms with Gasteiger partial charge in [0.2, 0.25) is 0 Å². The molecule has 1 saturated heterocycles. The maximum Gasteiger partial charge on any atom is 0.165 e. The van der Waals surface area contributed by atoms with Crippen molar-refractivity contribution in [2.75, 3.05) is 13.1 Å². The van der Waals surface area contributed by atoms with E-state index in [1.54, 1.807) is 0 Å². The van der Waals surface area contributed by atoms with Crippen LogP contribution in [0, 0.1) is 0 Å². The minimum atomic E-state index is 0.517. The molecule has 0 amide bonds. The Morgan fingerprint density at radius 1 is 1.30 bits per heavy atom. The number of nitrogens with zero attached hydrogens (tertiary/aromatic N) is 5. The zero-order valence-corrected chi connectivity index (χ0v) is 12.6. The topological polar surface area (TPSA) is 58.9 Å². The molecular formula is C14H26N6. The summed E-state index contributed by atoms with van der Waals surface area (Å²) in [6.45, 7) is 7.63. The summed E-state index contributed by atoms with van der Waals surface area (Å²) in [6, 6.07) is 1.70. The van der Waals surface area contributed by atoms with Crippen LogP contribution in [0.1, 0.15) is 57.8 Å². The van der Waals surface area contributed by atoms with Crippen molar-refractivity contribution in [3.63, 3.8) is 0 Å². The molecular weight excluding hydrogens is 252 g/mol. The van der Waals surface area contributed by atoms with Crippen molar-refractivity contribution in [1.29, 1.82) is 0 Å². The lowest BCUT2D eigenvalue weighted by Crippen LogP contribution is -2.45. The Morgan fingerprint density at radius 3 is 2.80 bits per heavy atom. The minimum absolute atomic E-state index is 0.517. The van der Waals surface area contributed by atoms with Gasteiger partial charge in [0.25, 0.3) is 0 Å². The van der Waals surface area contributed by atoms with Crippen LogP contribution in [0.5, 0.6) is 0 Å². The van der Waals surface area contributed by atoms with Crippen molar-refractivity contribution < 1.29 is 0 Å². The van der Waals surface area contributed by atoms with Crippen LogP contribution >= 0.6 is 0 Å². The zero-order valence-electron chi connectivity index (χ0n) is 12.6. The first-order valence-corrected chi connectivity index (χ1v) is 7.98. The molecule has 2 aliphatic rings. The van der Waals surface area contributed by atoms with Crippen LogP contribution in [-0.2, 0) is 6.54 Å². The zero-order chi connectivity index (χ0) is 13.9. The highest BCUT2D eigenvalue weighted by molar-refractivity contribution is 4.91. The minimum Gasteiger partial charge on any atom is -0.313 e. The Bertz CT molecular complexity index is 419. The highest BCUT2D eigenvalue weighted by Crippen LogP contribution is 2.34. The Hall–Kier alpha value is -1.01. The van der Waals surface area contributed by atoms with Crippen molar-refractivity contribution in [3.8, 4) is 0 Å². The van der Waals surface area contributed by atoms with Gasteiger partial charge in [-0.25, -0.2) is 4.68 Å². The standard InChI is InChI=1S/C14H26N6/c1-11(2)19(9-12-5-3-4-8-15-12)10-14-16-17-18-20(14)13-6-7-13/h11-13,15H,3-10H2,1-2H3. The van der Waals surface area contributed by atoms with Crippen LogP contribution in [0.2, 0.25) is 0 Å². The molecule has 3 rings (SSSR count). The Kier molecular flexibility index (Phi) is 4.31. The van der Waals surface area contributed by atoms with E-state index in [-0.39, 0.29) is 0 Å². The predicted octanol–water partition coefficient (Wildman–Crippen LogP) is 1.36. The quantitative estimate of drug-likeness (QED) is 0.851. The molecule has 2 fully saturated rings. The molecule has 0 aromatic carbocycles. The Labute approximate surface area is 120 Å². The van der Waals surface area contributed by atoms with Crippen LogP contribution in [0.15, 0.2) is 0 Å². The van der Waals surface area contributed by atoms with Crippen LogP contribution in [-0.4, -0.2) is 50.3 Å². The summed E-state index contributed by atoms with van der Waals surface area (Å²) in [5.74, 6) is 1.03. The molecule has 1 unspecified atom stereocenters. The monoisotopic (exact) mass is 278 g/mol. The summed E-state index contributed by atoms with van der Waals surface area (Å²) in [5, 5.41) is 15.9. The molecule has 1 atom stereocenters. The average molecular weight is 278 g/mol. The van der Waals surface area contributed by atoms with Crippen LogP contribution in [0.25, 0.3) is 0 Å². The summed E-state index contributed by atoms with van der Waals surface area (Å²) in [5.41, 5.74) is 0. The van der Waals surface area contributed by atoms with E-state index < -0.39 is 0 Å². The summed E-state index contributed by atoms with van der Waals surface area (Å²) < 4.78 is 2.03. The van der Waals surface area contributed by atoms with Gasteiger partial charge in [0.15, 0.2) is 5.82 Å². The molecule has 2 heterocycles. The molecule has 0 spiro atoms. The number of piperidine rings is 1. The van der Waals surface area contributed by atoms with E-state index in [0.29, 0.717) is 18.1 Å². The summed E-state index contributed by atoms with van der Waals surface area (Å²) in [6.07, 6.45) is 6.41. The fraction of sp³-hybridized carbons (Fsp3) is 0.929. The van der Waals surface area contributed by atoms with Crippen molar-refractivity contribution in [3.05, 3.63) is 5.82 Å². The van der Waals surface area contributed by atoms with Gasteiger partial charge in [0.1, 0.15) is 0 Å². The summed E-state index contributed by atoms with van der Waals surface area (Å²) in [4.78, 5) is 2.49. The van der Waals surface area contributed by atoms with E-state index in [2.05, 4.69) is 39.6 Å². The third kappa shape index (κ3) is 3.35. The summed E-state index contributed by atoms with van der Waals surface area (Å²) >= 11 is 0. The van der Waals surface area contributed by atoms with Gasteiger partial charge in [0.05, 0.1) is 12.6 Å². The lowest BCUT2D eigenvalue weighted by molar-refractivity contribution is 0.170. The number of tetrazole rings is 1. The van der Waals surface area contributed by atoms with Gasteiger partial charge in [0, 0.05) is 18.6 Å². The second-order valence-corrected chi connectivity index (χ2v) is 6.44. The van der Waals surface area contributed by atoms with Crippen molar-refractivity contribution in [2.24, 2.45) is 0 Å². The maximum absolute atomic E-state index is 4.23. The Morgan fingerprint density at radius 2 is 2.15 bits per heavy atom. The van der Waals surface area contributed by atoms with E-state index >= 15 is 0 Å². The smallest absolute Gasteiger partial charge is 0.165 e. The first-order valence-electron chi connectivity index (χ1n) is 7.98. The van der Waals surface area contributed by atoms with Crippen molar-refractivity contribution in [2.45, 2.75) is 70.6 Å². The van der Waals surface area contributed by atoms with Gasteiger partial charge < -0.3 is 5.32 Å². The van der Waals surface area contributed by atoms with E-state index in [9.17, 15) is 0 Å². The number of nitrogens with one attached hydrogen (secondary N) is 1. The molecule has 6 heteroatoms. The van der Waals surface area contributed by atoms with Crippen LogP contribution in [0.3, 0.4) is 0 Å². The third-order valence-electron chi connectivity index (χ3n) is 4.40. The molecule has 1 saturated carbocycles. The maximum atomic E-state index is 4.23. The lowest BCUT2D eigenvalue weighted by Gasteiger charge is -2.32. The van der Waals surface area contributed by atoms with Gasteiger partial charge in [-0.2, -0.15) is 0 Å². The second kappa shape index (κ2) is 6.18. The first-order chi connectivity index (χ1) is 9.74. The molecule has 0 radical (unpaired) electrons. The molecule has 6 nitrogen and oxygen atoms in total. The lowest BCUT2D eigenvalue weighted by atomic mass is 10.0. The van der Waals surface area contributed by atoms with E-state index in [4.69, 9.17) is 0 Å². The molecule has 112 valence electrons. The fourth-order valence-electron chi connectivity index (χ4n) is 2.92. The second-order valence-electron chi connectivity index (χ2n) is 6.44. The molecule has 20 heavy (non-hydrogen) atoms. The van der Waals surface area contributed by atoms with Crippen molar-refractivity contribution >= 4 is 0 Å². The molecule has 1 aromatic heterocycles. The normalized spacial score (nSPS) is 23.7. The van der Waals surface area contributed by atoms with Gasteiger partial charge >= 0.3 is 0 Å². The molecule has 1 aliphatic heterocycles. The van der Waals surface area contributed by atoms with E-state index in [1.807, 2.05) is 4.68 Å². The molecule has 0 bridgehead atoms. The highest BCUT2D eigenvalue weighted by Gasteiger charge is 2.29. The predicted molar refractivity (Wildman–Crippen MR) is 77.3 cm³/mol. The van der Waals surface area contributed by atoms with E-state index in [0.717, 1.165) is 25.5 Å². The average Bonchev–Trinajstić information content (AvgIpc) is 3.19. The van der Waals surface area contributed by atoms with Gasteiger partial charge in [-0.1, -0.05) is 6.42 Å².